The molecule has 29 heavy (non-hydrogen) atoms. The number of nitrogens with zero attached hydrogens (tertiary/aromatic N) is 1. The number of anilines is 1. The molecule has 3 rings (SSSR count). The standard InChI is InChI=1S/C19H14BF3N2O4/c21-19(22,23)13-6-8-14(9-7-13)29-17-10-5-12(11-24-17)18(26)25-16-4-2-1-3-15(16)20(27)28/h1-11,27-28H,(H,25,26). The molecular formula is C19H14BF3N2O4. The van der Waals surface area contributed by atoms with Crippen molar-refractivity contribution in [1.29, 1.82) is 0 Å². The topological polar surface area (TPSA) is 91.7 Å². The van der Waals surface area contributed by atoms with E-state index in [1.54, 1.807) is 12.1 Å². The number of benzene rings is 2. The van der Waals surface area contributed by atoms with Crippen LogP contribution >= 0.6 is 0 Å². The number of pyridine rings is 1. The van der Waals surface area contributed by atoms with Gasteiger partial charge in [0, 0.05) is 23.4 Å². The SMILES string of the molecule is O=C(Nc1ccccc1B(O)O)c1ccc(Oc2ccc(C(F)(F)F)cc2)nc1. The molecule has 0 aliphatic rings. The van der Waals surface area contributed by atoms with Gasteiger partial charge in [0.15, 0.2) is 0 Å². The molecular weight excluding hydrogens is 388 g/mol. The van der Waals surface area contributed by atoms with Crippen molar-refractivity contribution in [2.24, 2.45) is 0 Å². The van der Waals surface area contributed by atoms with Gasteiger partial charge in [-0.05, 0) is 36.4 Å². The maximum atomic E-state index is 12.6. The highest BCUT2D eigenvalue weighted by Crippen LogP contribution is 2.31. The molecule has 2 aromatic carbocycles. The van der Waals surface area contributed by atoms with Gasteiger partial charge in [-0.2, -0.15) is 13.2 Å². The van der Waals surface area contributed by atoms with Crippen molar-refractivity contribution in [2.75, 3.05) is 5.32 Å². The molecule has 0 radical (unpaired) electrons. The van der Waals surface area contributed by atoms with E-state index < -0.39 is 24.8 Å². The first kappa shape index (κ1) is 20.4. The number of alkyl halides is 3. The summed E-state index contributed by atoms with van der Waals surface area (Å²) in [6.45, 7) is 0. The third-order valence-corrected chi connectivity index (χ3v) is 3.89. The zero-order chi connectivity index (χ0) is 21.0. The van der Waals surface area contributed by atoms with Gasteiger partial charge in [-0.1, -0.05) is 18.2 Å². The quantitative estimate of drug-likeness (QED) is 0.571. The molecule has 0 saturated heterocycles. The van der Waals surface area contributed by atoms with Crippen molar-refractivity contribution in [2.45, 2.75) is 6.18 Å². The Morgan fingerprint density at radius 3 is 2.28 bits per heavy atom. The summed E-state index contributed by atoms with van der Waals surface area (Å²) in [5.74, 6) is -0.285. The number of rotatable bonds is 5. The fraction of sp³-hybridized carbons (Fsp3) is 0.0526. The fourth-order valence-electron chi connectivity index (χ4n) is 2.44. The van der Waals surface area contributed by atoms with Crippen LogP contribution < -0.4 is 15.5 Å². The van der Waals surface area contributed by atoms with Gasteiger partial charge in [0.2, 0.25) is 5.88 Å². The van der Waals surface area contributed by atoms with Crippen LogP contribution in [-0.2, 0) is 6.18 Å². The van der Waals surface area contributed by atoms with E-state index in [1.807, 2.05) is 0 Å². The monoisotopic (exact) mass is 402 g/mol. The first-order valence-corrected chi connectivity index (χ1v) is 8.31. The Balaban J connectivity index is 1.68. The molecule has 0 spiro atoms. The second kappa shape index (κ2) is 8.33. The number of carbonyl (C=O) groups is 1. The first-order chi connectivity index (χ1) is 13.7. The van der Waals surface area contributed by atoms with Crippen LogP contribution in [0.3, 0.4) is 0 Å². The second-order valence-corrected chi connectivity index (χ2v) is 5.92. The van der Waals surface area contributed by atoms with Crippen molar-refractivity contribution in [1.82, 2.24) is 4.98 Å². The summed E-state index contributed by atoms with van der Waals surface area (Å²) < 4.78 is 43.1. The lowest BCUT2D eigenvalue weighted by molar-refractivity contribution is -0.137. The number of amides is 1. The van der Waals surface area contributed by atoms with Crippen molar-refractivity contribution < 1.29 is 32.8 Å². The molecule has 1 amide bonds. The summed E-state index contributed by atoms with van der Waals surface area (Å²) in [5, 5.41) is 21.2. The number of ether oxygens (including phenoxy) is 1. The molecule has 0 unspecified atom stereocenters. The number of hydrogen-bond acceptors (Lipinski definition) is 5. The van der Waals surface area contributed by atoms with Gasteiger partial charge in [0.05, 0.1) is 11.1 Å². The summed E-state index contributed by atoms with van der Waals surface area (Å²) in [6, 6.07) is 13.1. The first-order valence-electron chi connectivity index (χ1n) is 8.31. The Morgan fingerprint density at radius 2 is 1.69 bits per heavy atom. The Hall–Kier alpha value is -3.37. The maximum absolute atomic E-state index is 12.6. The number of nitrogens with one attached hydrogen (secondary N) is 1. The molecule has 0 saturated carbocycles. The van der Waals surface area contributed by atoms with Gasteiger partial charge in [-0.3, -0.25) is 4.79 Å². The molecule has 10 heteroatoms. The van der Waals surface area contributed by atoms with Crippen LogP contribution in [0.15, 0.2) is 66.9 Å². The Kier molecular flexibility index (Phi) is 5.85. The molecule has 0 aliphatic carbocycles. The normalized spacial score (nSPS) is 11.1. The predicted molar refractivity (Wildman–Crippen MR) is 100.0 cm³/mol. The number of carbonyl (C=O) groups excluding carboxylic acids is 1. The Labute approximate surface area is 163 Å². The second-order valence-electron chi connectivity index (χ2n) is 5.92. The van der Waals surface area contributed by atoms with Crippen molar-refractivity contribution >= 4 is 24.2 Å². The van der Waals surface area contributed by atoms with Crippen LogP contribution in [0.1, 0.15) is 15.9 Å². The Morgan fingerprint density at radius 1 is 1.00 bits per heavy atom. The number of halogens is 3. The van der Waals surface area contributed by atoms with Crippen molar-refractivity contribution in [3.05, 3.63) is 78.0 Å². The molecule has 0 aliphatic heterocycles. The third kappa shape index (κ3) is 5.12. The lowest BCUT2D eigenvalue weighted by atomic mass is 9.79. The van der Waals surface area contributed by atoms with Crippen molar-refractivity contribution in [3.8, 4) is 11.6 Å². The molecule has 3 N–H and O–H groups in total. The fourth-order valence-corrected chi connectivity index (χ4v) is 2.44. The maximum Gasteiger partial charge on any atom is 0.490 e. The van der Waals surface area contributed by atoms with E-state index in [9.17, 15) is 28.0 Å². The van der Waals surface area contributed by atoms with E-state index in [0.717, 1.165) is 12.1 Å². The zero-order valence-electron chi connectivity index (χ0n) is 14.7. The molecule has 1 heterocycles. The van der Waals surface area contributed by atoms with Gasteiger partial charge in [-0.15, -0.1) is 0 Å². The van der Waals surface area contributed by atoms with E-state index in [2.05, 4.69) is 10.3 Å². The highest BCUT2D eigenvalue weighted by atomic mass is 19.4. The highest BCUT2D eigenvalue weighted by molar-refractivity contribution is 6.60. The van der Waals surface area contributed by atoms with Crippen LogP contribution in [0.5, 0.6) is 11.6 Å². The molecule has 0 fully saturated rings. The molecule has 6 nitrogen and oxygen atoms in total. The van der Waals surface area contributed by atoms with Crippen LogP contribution in [0.2, 0.25) is 0 Å². The molecule has 0 bridgehead atoms. The van der Waals surface area contributed by atoms with Gasteiger partial charge in [0.25, 0.3) is 5.91 Å². The minimum Gasteiger partial charge on any atom is -0.439 e. The van der Waals surface area contributed by atoms with Gasteiger partial charge in [-0.25, -0.2) is 4.98 Å². The minimum atomic E-state index is -4.43. The lowest BCUT2D eigenvalue weighted by Gasteiger charge is -2.11. The zero-order valence-corrected chi connectivity index (χ0v) is 14.7. The summed E-state index contributed by atoms with van der Waals surface area (Å²) in [4.78, 5) is 16.3. The van der Waals surface area contributed by atoms with Crippen LogP contribution in [0, 0.1) is 0 Å². The number of hydrogen-bond donors (Lipinski definition) is 3. The average Bonchev–Trinajstić information content (AvgIpc) is 2.68. The van der Waals surface area contributed by atoms with E-state index in [0.29, 0.717) is 0 Å². The van der Waals surface area contributed by atoms with Crippen molar-refractivity contribution in [3.63, 3.8) is 0 Å². The predicted octanol–water partition coefficient (Wildman–Crippen LogP) is 2.82. The third-order valence-electron chi connectivity index (χ3n) is 3.89. The minimum absolute atomic E-state index is 0.0903. The van der Waals surface area contributed by atoms with E-state index in [-0.39, 0.29) is 28.3 Å². The van der Waals surface area contributed by atoms with E-state index >= 15 is 0 Å². The lowest BCUT2D eigenvalue weighted by Crippen LogP contribution is -2.33. The van der Waals surface area contributed by atoms with Gasteiger partial charge >= 0.3 is 13.3 Å². The highest BCUT2D eigenvalue weighted by Gasteiger charge is 2.30. The summed E-state index contributed by atoms with van der Waals surface area (Å²) in [5.41, 5.74) is -0.251. The Bertz CT molecular complexity index is 994. The van der Waals surface area contributed by atoms with Crippen LogP contribution in [0.4, 0.5) is 18.9 Å². The summed E-state index contributed by atoms with van der Waals surface area (Å²) >= 11 is 0. The molecule has 1 aromatic heterocycles. The largest absolute Gasteiger partial charge is 0.490 e. The summed E-state index contributed by atoms with van der Waals surface area (Å²) in [6.07, 6.45) is -3.21. The smallest absolute Gasteiger partial charge is 0.439 e. The molecule has 3 aromatic rings. The average molecular weight is 402 g/mol. The summed E-state index contributed by atoms with van der Waals surface area (Å²) in [7, 11) is -1.75. The van der Waals surface area contributed by atoms with Gasteiger partial charge in [0.1, 0.15) is 5.75 Å². The van der Waals surface area contributed by atoms with Gasteiger partial charge < -0.3 is 20.1 Å². The molecule has 148 valence electrons. The number of aromatic nitrogens is 1. The van der Waals surface area contributed by atoms with E-state index in [4.69, 9.17) is 4.74 Å². The molecule has 0 atom stereocenters. The van der Waals surface area contributed by atoms with Crippen LogP contribution in [0.25, 0.3) is 0 Å². The van der Waals surface area contributed by atoms with E-state index in [1.165, 1.54) is 42.6 Å². The number of para-hydroxylation sites is 1. The van der Waals surface area contributed by atoms with Crippen LogP contribution in [-0.4, -0.2) is 28.1 Å².